The minimum atomic E-state index is 0. The molecule has 1 rings (SSSR count). The maximum Gasteiger partial charge on any atom is 1.00 e. The summed E-state index contributed by atoms with van der Waals surface area (Å²) in [5.41, 5.74) is 8.57. The SMILES string of the molecule is Cc1[c-]c(N)ccc1C.[Li+]. The van der Waals surface area contributed by atoms with Crippen LogP contribution in [0.4, 0.5) is 5.69 Å². The Morgan fingerprint density at radius 1 is 1.30 bits per heavy atom. The van der Waals surface area contributed by atoms with Gasteiger partial charge in [-0.3, -0.25) is 0 Å². The normalized spacial score (nSPS) is 8.60. The topological polar surface area (TPSA) is 26.0 Å². The Morgan fingerprint density at radius 3 is 2.30 bits per heavy atom. The van der Waals surface area contributed by atoms with Crippen LogP contribution in [0.15, 0.2) is 12.1 Å². The van der Waals surface area contributed by atoms with Crippen LogP contribution in [0.2, 0.25) is 0 Å². The number of nitrogen functional groups attached to an aromatic ring is 1. The molecule has 0 saturated carbocycles. The van der Waals surface area contributed by atoms with Gasteiger partial charge in [0.15, 0.2) is 0 Å². The number of rotatable bonds is 0. The fourth-order valence-corrected chi connectivity index (χ4v) is 0.697. The minimum Gasteiger partial charge on any atom is -0.420 e. The Hall–Kier alpha value is -0.383. The van der Waals surface area contributed by atoms with Crippen molar-refractivity contribution in [1.29, 1.82) is 0 Å². The first kappa shape index (κ1) is 9.62. The second kappa shape index (κ2) is 3.70. The van der Waals surface area contributed by atoms with E-state index in [1.807, 2.05) is 26.0 Å². The van der Waals surface area contributed by atoms with Crippen molar-refractivity contribution in [2.24, 2.45) is 0 Å². The molecule has 0 spiro atoms. The summed E-state index contributed by atoms with van der Waals surface area (Å²) in [6.07, 6.45) is 0. The Balaban J connectivity index is 0.000000810. The molecule has 1 aromatic rings. The molecule has 0 aliphatic carbocycles. The summed E-state index contributed by atoms with van der Waals surface area (Å²) in [4.78, 5) is 0. The average molecular weight is 127 g/mol. The third-order valence-corrected chi connectivity index (χ3v) is 1.44. The van der Waals surface area contributed by atoms with E-state index in [1.165, 1.54) is 5.56 Å². The fourth-order valence-electron chi connectivity index (χ4n) is 0.697. The molecule has 0 unspecified atom stereocenters. The molecule has 0 fully saturated rings. The number of benzene rings is 1. The quantitative estimate of drug-likeness (QED) is 0.261. The minimum absolute atomic E-state index is 0. The standard InChI is InChI=1S/C8H10N.Li/c1-6-3-4-8(9)5-7(6)2;/h3-4H,9H2,1-2H3;/q-1;+1. The molecule has 0 radical (unpaired) electrons. The van der Waals surface area contributed by atoms with E-state index in [4.69, 9.17) is 5.73 Å². The zero-order chi connectivity index (χ0) is 6.85. The molecule has 0 atom stereocenters. The maximum atomic E-state index is 5.47. The van der Waals surface area contributed by atoms with E-state index in [9.17, 15) is 0 Å². The van der Waals surface area contributed by atoms with Gasteiger partial charge in [-0.1, -0.05) is 19.5 Å². The number of hydrogen-bond acceptors (Lipinski definition) is 1. The molecule has 0 saturated heterocycles. The van der Waals surface area contributed by atoms with Gasteiger partial charge < -0.3 is 5.73 Å². The van der Waals surface area contributed by atoms with Crippen molar-refractivity contribution in [2.45, 2.75) is 13.8 Å². The van der Waals surface area contributed by atoms with Crippen molar-refractivity contribution >= 4 is 5.69 Å². The van der Waals surface area contributed by atoms with Gasteiger partial charge in [0.25, 0.3) is 0 Å². The Kier molecular flexibility index (Phi) is 3.56. The van der Waals surface area contributed by atoms with Gasteiger partial charge in [0.1, 0.15) is 0 Å². The van der Waals surface area contributed by atoms with Crippen molar-refractivity contribution in [2.75, 3.05) is 5.73 Å². The third kappa shape index (κ3) is 2.10. The van der Waals surface area contributed by atoms with Crippen LogP contribution in [-0.2, 0) is 0 Å². The molecule has 1 aromatic carbocycles. The van der Waals surface area contributed by atoms with Crippen LogP contribution in [0.3, 0.4) is 0 Å². The Bertz CT molecular complexity index is 220. The fraction of sp³-hybridized carbons (Fsp3) is 0.250. The predicted molar refractivity (Wildman–Crippen MR) is 39.2 cm³/mol. The molecule has 0 aliphatic heterocycles. The number of aryl methyl sites for hydroxylation is 2. The molecule has 0 aliphatic rings. The third-order valence-electron chi connectivity index (χ3n) is 1.44. The summed E-state index contributed by atoms with van der Waals surface area (Å²) in [5, 5.41) is 0. The second-order valence-corrected chi connectivity index (χ2v) is 2.22. The van der Waals surface area contributed by atoms with E-state index in [1.54, 1.807) is 0 Å². The molecule has 0 amide bonds. The molecule has 10 heavy (non-hydrogen) atoms. The first-order valence-electron chi connectivity index (χ1n) is 2.95. The van der Waals surface area contributed by atoms with Gasteiger partial charge in [0.05, 0.1) is 0 Å². The van der Waals surface area contributed by atoms with Crippen LogP contribution in [0.5, 0.6) is 0 Å². The first-order chi connectivity index (χ1) is 4.20. The van der Waals surface area contributed by atoms with Gasteiger partial charge in [-0.25, -0.2) is 0 Å². The molecule has 2 heteroatoms. The molecular formula is C8H10LiN. The zero-order valence-electron chi connectivity index (χ0n) is 6.73. The van der Waals surface area contributed by atoms with E-state index in [2.05, 4.69) is 6.07 Å². The van der Waals surface area contributed by atoms with Crippen LogP contribution >= 0.6 is 0 Å². The van der Waals surface area contributed by atoms with E-state index >= 15 is 0 Å². The maximum absolute atomic E-state index is 5.47. The molecule has 0 heterocycles. The van der Waals surface area contributed by atoms with E-state index < -0.39 is 0 Å². The van der Waals surface area contributed by atoms with Crippen molar-refractivity contribution in [3.63, 3.8) is 0 Å². The van der Waals surface area contributed by atoms with Gasteiger partial charge >= 0.3 is 18.9 Å². The Morgan fingerprint density at radius 2 is 1.90 bits per heavy atom. The molecule has 1 nitrogen and oxygen atoms in total. The van der Waals surface area contributed by atoms with E-state index in [0.29, 0.717) is 0 Å². The molecule has 48 valence electrons. The number of nitrogens with two attached hydrogens (primary N) is 1. The van der Waals surface area contributed by atoms with Crippen molar-refractivity contribution in [3.8, 4) is 0 Å². The van der Waals surface area contributed by atoms with Gasteiger partial charge in [0, 0.05) is 0 Å². The van der Waals surface area contributed by atoms with Crippen molar-refractivity contribution < 1.29 is 18.9 Å². The summed E-state index contributed by atoms with van der Waals surface area (Å²) < 4.78 is 0. The predicted octanol–water partition coefficient (Wildman–Crippen LogP) is -1.31. The van der Waals surface area contributed by atoms with Gasteiger partial charge in [0.2, 0.25) is 0 Å². The smallest absolute Gasteiger partial charge is 0.420 e. The second-order valence-electron chi connectivity index (χ2n) is 2.22. The average Bonchev–Trinajstić information content (AvgIpc) is 1.80. The molecule has 0 bridgehead atoms. The van der Waals surface area contributed by atoms with Gasteiger partial charge in [-0.05, 0) is 0 Å². The van der Waals surface area contributed by atoms with Crippen molar-refractivity contribution in [1.82, 2.24) is 0 Å². The van der Waals surface area contributed by atoms with Crippen LogP contribution in [0, 0.1) is 19.9 Å². The monoisotopic (exact) mass is 127 g/mol. The summed E-state index contributed by atoms with van der Waals surface area (Å²) in [5.74, 6) is 0. The summed E-state index contributed by atoms with van der Waals surface area (Å²) in [7, 11) is 0. The van der Waals surface area contributed by atoms with Crippen LogP contribution in [-0.4, -0.2) is 0 Å². The first-order valence-corrected chi connectivity index (χ1v) is 2.95. The van der Waals surface area contributed by atoms with E-state index in [0.717, 1.165) is 11.3 Å². The van der Waals surface area contributed by atoms with Crippen LogP contribution in [0.1, 0.15) is 11.1 Å². The van der Waals surface area contributed by atoms with Gasteiger partial charge in [-0.2, -0.15) is 23.3 Å². The summed E-state index contributed by atoms with van der Waals surface area (Å²) >= 11 is 0. The molecule has 2 N–H and O–H groups in total. The Labute approximate surface area is 73.8 Å². The number of hydrogen-bond donors (Lipinski definition) is 1. The summed E-state index contributed by atoms with van der Waals surface area (Å²) in [6, 6.07) is 6.88. The van der Waals surface area contributed by atoms with Gasteiger partial charge in [-0.15, -0.1) is 6.07 Å². The summed E-state index contributed by atoms with van der Waals surface area (Å²) in [6.45, 7) is 4.05. The molecule has 0 aromatic heterocycles. The largest absolute Gasteiger partial charge is 1.00 e. The number of anilines is 1. The zero-order valence-corrected chi connectivity index (χ0v) is 6.73. The van der Waals surface area contributed by atoms with E-state index in [-0.39, 0.29) is 18.9 Å². The van der Waals surface area contributed by atoms with Crippen molar-refractivity contribution in [3.05, 3.63) is 29.3 Å². The molecular weight excluding hydrogens is 117 g/mol. The van der Waals surface area contributed by atoms with Crippen LogP contribution in [0.25, 0.3) is 0 Å². The van der Waals surface area contributed by atoms with Crippen LogP contribution < -0.4 is 24.6 Å².